The van der Waals surface area contributed by atoms with E-state index in [9.17, 15) is 0 Å². The predicted molar refractivity (Wildman–Crippen MR) is 448 cm³/mol. The third kappa shape index (κ3) is 22.8. The van der Waals surface area contributed by atoms with Crippen LogP contribution >= 0.6 is 66.8 Å². The van der Waals surface area contributed by atoms with Crippen LogP contribution in [0.4, 0.5) is 0 Å². The summed E-state index contributed by atoms with van der Waals surface area (Å²) in [5.74, 6) is 0. The number of fused-ring (bicyclic) bond motifs is 3. The summed E-state index contributed by atoms with van der Waals surface area (Å²) in [6.45, 7) is 11.2. The summed E-state index contributed by atoms with van der Waals surface area (Å²) in [6, 6.07) is 109. The van der Waals surface area contributed by atoms with Crippen molar-refractivity contribution in [2.45, 2.75) is 86.5 Å². The number of nitrogens with zero attached hydrogens (tertiary/aromatic N) is 3. The summed E-state index contributed by atoms with van der Waals surface area (Å²) in [5.41, 5.74) is 6.73. The second kappa shape index (κ2) is 42.2. The van der Waals surface area contributed by atoms with E-state index in [2.05, 4.69) is 376 Å². The van der Waals surface area contributed by atoms with Gasteiger partial charge in [0.25, 0.3) is 0 Å². The molecule has 3 aromatic heterocycles. The van der Waals surface area contributed by atoms with Crippen molar-refractivity contribution in [1.82, 2.24) is 15.0 Å². The molecular weight excluding hydrogens is 1630 g/mol. The van der Waals surface area contributed by atoms with Gasteiger partial charge in [-0.1, -0.05) is 262 Å². The van der Waals surface area contributed by atoms with Crippen molar-refractivity contribution in [3.63, 3.8) is 0 Å². The molecule has 14 rings (SSSR count). The second-order valence-corrected chi connectivity index (χ2v) is 46.1. The first-order chi connectivity index (χ1) is 49.1. The van der Waals surface area contributed by atoms with Crippen LogP contribution in [0.5, 0.6) is 0 Å². The molecule has 0 aliphatic rings. The van der Waals surface area contributed by atoms with E-state index < -0.39 is 34.2 Å². The number of aromatic nitrogens is 3. The summed E-state index contributed by atoms with van der Waals surface area (Å²) < 4.78 is 8.29. The maximum atomic E-state index is 5.03. The van der Waals surface area contributed by atoms with Crippen LogP contribution in [-0.2, 0) is 15.9 Å². The molecule has 0 saturated heterocycles. The van der Waals surface area contributed by atoms with Crippen molar-refractivity contribution in [3.8, 4) is 22.5 Å². The average molecular weight is 1720 g/mol. The summed E-state index contributed by atoms with van der Waals surface area (Å²) in [5, 5.41) is 16.0. The van der Waals surface area contributed by atoms with E-state index in [-0.39, 0.29) is 15.9 Å². The van der Waals surface area contributed by atoms with E-state index in [4.69, 9.17) is 34.0 Å². The number of hydrogen-bond donors (Lipinski definition) is 0. The normalized spacial score (nSPS) is 10.9. The van der Waals surface area contributed by atoms with Crippen molar-refractivity contribution in [3.05, 3.63) is 348 Å². The molecule has 14 aromatic rings. The van der Waals surface area contributed by atoms with Gasteiger partial charge in [-0.3, -0.25) is 9.97 Å². The van der Waals surface area contributed by atoms with Crippen LogP contribution in [0.25, 0.3) is 54.8 Å². The molecule has 0 aliphatic carbocycles. The summed E-state index contributed by atoms with van der Waals surface area (Å²) >= 11 is 4.24. The zero-order valence-electron chi connectivity index (χ0n) is 57.6. The van der Waals surface area contributed by atoms with Crippen LogP contribution in [0.15, 0.2) is 337 Å². The van der Waals surface area contributed by atoms with Crippen LogP contribution in [0.1, 0.15) is 70.4 Å². The number of rotatable bonds is 18. The fourth-order valence-corrected chi connectivity index (χ4v) is 35.0. The summed E-state index contributed by atoms with van der Waals surface area (Å²) in [6.07, 6.45) is 14.0. The van der Waals surface area contributed by atoms with Gasteiger partial charge in [0.2, 0.25) is 0 Å². The molecule has 0 atom stereocenters. The molecule has 11 heteroatoms. The number of hydrogen-bond acceptors (Lipinski definition) is 3. The Kier molecular flexibility index (Phi) is 32.8. The number of pyridine rings is 3. The Morgan fingerprint density at radius 2 is 0.600 bits per heavy atom. The molecule has 0 unspecified atom stereocenters. The van der Waals surface area contributed by atoms with Crippen LogP contribution in [0.2, 0.25) is 13.3 Å². The molecule has 3 heterocycles. The van der Waals surface area contributed by atoms with Gasteiger partial charge in [0, 0.05) is 43.2 Å². The van der Waals surface area contributed by atoms with E-state index in [1.807, 2.05) is 18.5 Å². The number of unbranched alkanes of at least 4 members (excludes halogenated alkanes) is 3. The third-order valence-electron chi connectivity index (χ3n) is 17.3. The predicted octanol–water partition coefficient (Wildman–Crippen LogP) is 24.5. The van der Waals surface area contributed by atoms with E-state index in [1.165, 1.54) is 127 Å². The van der Waals surface area contributed by atoms with E-state index in [0.717, 1.165) is 31.5 Å². The van der Waals surface area contributed by atoms with Gasteiger partial charge in [0.1, 0.15) is 0 Å². The van der Waals surface area contributed by atoms with Crippen molar-refractivity contribution >= 4 is 153 Å². The molecule has 510 valence electrons. The summed E-state index contributed by atoms with van der Waals surface area (Å²) in [7, 11) is 8.74. The van der Waals surface area contributed by atoms with Gasteiger partial charge in [0.15, 0.2) is 0 Å². The maximum absolute atomic E-state index is 5.03. The van der Waals surface area contributed by atoms with E-state index in [1.54, 1.807) is 3.71 Å². The van der Waals surface area contributed by atoms with E-state index in [0.29, 0.717) is 0 Å². The smallest absolute Gasteiger partial charge is 0.0134 e. The Labute approximate surface area is 634 Å². The molecule has 0 bridgehead atoms. The third-order valence-corrected chi connectivity index (χ3v) is 38.3. The minimum absolute atomic E-state index is 0.106. The Bertz CT molecular complexity index is 4210. The van der Waals surface area contributed by atoms with Gasteiger partial charge >= 0.3 is 182 Å². The molecule has 100 heavy (non-hydrogen) atoms. The number of halogens is 4. The van der Waals surface area contributed by atoms with Crippen LogP contribution in [0.3, 0.4) is 0 Å². The van der Waals surface area contributed by atoms with Gasteiger partial charge in [-0.05, 0) is 132 Å². The molecule has 0 N–H and O–H groups in total. The first kappa shape index (κ1) is 77.7. The molecule has 0 spiro atoms. The topological polar surface area (TPSA) is 38.7 Å². The minimum atomic E-state index is -2.42. The standard InChI is InChI=1S/C25H18N2.2C18H15P.C9H6N.C7H6Br2.3C4H9.2ClH.Pd.Sn/c1-17-14-20(24-22-8-4-2-6-18(22)10-12-26-24)16-21(15-17)25-23-9-5-3-7-19(23)11-13-27-25;2*1-4-10-16(11-5-1)19(17-12-6-2-7-13-17)18-14-8-3-9-15-18;1-2-4-9-7-10-6-5-8(9)3-1;1-5-2-6(8)4-7(9)3-5;3*1-3-4-2;;;;/h2-16H,1H3;2*1-15H;1-6H;2-4H,1H3;3*1,3-4H2,2H3;2*1H;;/q;;;;;;;;;;+2;/p-2. The Morgan fingerprint density at radius 1 is 0.330 bits per heavy atom. The van der Waals surface area contributed by atoms with Gasteiger partial charge in [-0.2, -0.15) is 0 Å². The van der Waals surface area contributed by atoms with Gasteiger partial charge in [-0.15, -0.1) is 0 Å². The Balaban J connectivity index is 0.000000148. The first-order valence-electron chi connectivity index (χ1n) is 34.4. The van der Waals surface area contributed by atoms with Crippen LogP contribution in [0, 0.1) is 13.8 Å². The molecule has 0 fully saturated rings. The molecule has 11 aromatic carbocycles. The van der Waals surface area contributed by atoms with Crippen molar-refractivity contribution < 1.29 is 15.9 Å². The number of aryl methyl sites for hydroxylation is 2. The minimum Gasteiger partial charge on any atom is -0.0622 e. The Morgan fingerprint density at radius 3 is 0.910 bits per heavy atom. The molecular formula is C89H87Br2Cl2N3P2PdSn. The Hall–Kier alpha value is -6.49. The van der Waals surface area contributed by atoms with Crippen LogP contribution in [-0.4, -0.2) is 33.3 Å². The molecule has 0 radical (unpaired) electrons. The quantitative estimate of drug-likeness (QED) is 0.0635. The average Bonchev–Trinajstić information content (AvgIpc) is 0.786. The van der Waals surface area contributed by atoms with Crippen molar-refractivity contribution in [2.24, 2.45) is 0 Å². The van der Waals surface area contributed by atoms with Gasteiger partial charge in [0.05, 0.1) is 11.4 Å². The SMILES string of the molecule is CCC[CH2][Sn]([CH2]CCC)([CH2]CCC)[c]1nccc2ccccc12.Cc1cc(-c2nccc3ccccc23)cc(-c2nccc3ccccc23)c1.Cc1cc(Br)cc(Br)c1.[Cl][Pd][Cl].c1ccc(P(c2ccccc2)c2ccccc2)cc1.c1ccc(P(c2ccccc2)c2ccccc2)cc1. The fourth-order valence-electron chi connectivity index (χ4n) is 12.6. The van der Waals surface area contributed by atoms with E-state index >= 15 is 0 Å². The van der Waals surface area contributed by atoms with Gasteiger partial charge in [-0.25, -0.2) is 0 Å². The van der Waals surface area contributed by atoms with Gasteiger partial charge < -0.3 is 0 Å². The zero-order valence-corrected chi connectivity index (χ0v) is 68.5. The maximum Gasteiger partial charge on any atom is -0.0134 e. The number of benzene rings is 11. The van der Waals surface area contributed by atoms with Crippen LogP contribution < -0.4 is 35.5 Å². The second-order valence-electron chi connectivity index (χ2n) is 24.5. The fraction of sp³-hybridized carbons (Fsp3) is 0.157. The molecule has 0 amide bonds. The summed E-state index contributed by atoms with van der Waals surface area (Å²) in [4.78, 5) is 14.4. The molecule has 3 nitrogen and oxygen atoms in total. The zero-order chi connectivity index (χ0) is 70.2. The van der Waals surface area contributed by atoms with Crippen molar-refractivity contribution in [2.75, 3.05) is 0 Å². The monoisotopic (exact) mass is 1710 g/mol. The first-order valence-corrected chi connectivity index (χ1v) is 50.1. The van der Waals surface area contributed by atoms with Crippen molar-refractivity contribution in [1.29, 1.82) is 0 Å². The molecule has 0 saturated carbocycles. The molecule has 0 aliphatic heterocycles. The largest absolute Gasteiger partial charge is 0.0622 e.